The molecule has 0 spiro atoms. The lowest BCUT2D eigenvalue weighted by molar-refractivity contribution is -0.137. The van der Waals surface area contributed by atoms with E-state index in [2.05, 4.69) is 13.8 Å². The van der Waals surface area contributed by atoms with Crippen LogP contribution >= 0.6 is 0 Å². The van der Waals surface area contributed by atoms with E-state index in [-0.39, 0.29) is 5.97 Å². The minimum Gasteiger partial charge on any atom is -0.463 e. The molecule has 0 rings (SSSR count). The summed E-state index contributed by atoms with van der Waals surface area (Å²) in [5.41, 5.74) is 0. The van der Waals surface area contributed by atoms with E-state index in [1.165, 1.54) is 199 Å². The zero-order chi connectivity index (χ0) is 29.7. The molecule has 41 heavy (non-hydrogen) atoms. The Morgan fingerprint density at radius 3 is 0.976 bits per heavy atom. The van der Waals surface area contributed by atoms with Gasteiger partial charge in [-0.1, -0.05) is 213 Å². The Balaban J connectivity index is 3.20. The van der Waals surface area contributed by atoms with Crippen molar-refractivity contribution in [2.45, 2.75) is 226 Å². The first-order chi connectivity index (χ1) is 20.3. The first-order valence-electron chi connectivity index (χ1n) is 19.1. The fraction of sp³-hybridized carbons (Fsp3) is 0.923. The second-order valence-electron chi connectivity index (χ2n) is 13.0. The van der Waals surface area contributed by atoms with Crippen molar-refractivity contribution in [1.82, 2.24) is 0 Å². The Bertz CT molecular complexity index is 512. The van der Waals surface area contributed by atoms with Gasteiger partial charge in [-0.15, -0.1) is 0 Å². The summed E-state index contributed by atoms with van der Waals surface area (Å²) in [7, 11) is 0. The molecule has 0 amide bonds. The van der Waals surface area contributed by atoms with Gasteiger partial charge < -0.3 is 4.74 Å². The summed E-state index contributed by atoms with van der Waals surface area (Å²) in [5.74, 6) is -0.151. The molecule has 2 heteroatoms. The van der Waals surface area contributed by atoms with Crippen LogP contribution in [0.4, 0.5) is 0 Å². The molecule has 0 atom stereocenters. The third kappa shape index (κ3) is 37.2. The van der Waals surface area contributed by atoms with Crippen LogP contribution in [0.3, 0.4) is 0 Å². The normalized spacial score (nSPS) is 11.6. The third-order valence-corrected chi connectivity index (χ3v) is 8.72. The minimum atomic E-state index is -0.151. The van der Waals surface area contributed by atoms with E-state index in [1.807, 2.05) is 6.08 Å². The second-order valence-corrected chi connectivity index (χ2v) is 13.0. The smallest absolute Gasteiger partial charge is 0.330 e. The highest BCUT2D eigenvalue weighted by atomic mass is 16.5. The first-order valence-corrected chi connectivity index (χ1v) is 19.1. The van der Waals surface area contributed by atoms with Crippen molar-refractivity contribution in [3.8, 4) is 0 Å². The van der Waals surface area contributed by atoms with Crippen LogP contribution in [0.1, 0.15) is 226 Å². The van der Waals surface area contributed by atoms with Crippen LogP contribution in [-0.2, 0) is 9.53 Å². The molecular formula is C39H76O2. The third-order valence-electron chi connectivity index (χ3n) is 8.72. The molecule has 0 aliphatic heterocycles. The number of carbonyl (C=O) groups is 1. The molecule has 0 fully saturated rings. The maximum Gasteiger partial charge on any atom is 0.330 e. The zero-order valence-electron chi connectivity index (χ0n) is 28.5. The molecule has 244 valence electrons. The SMILES string of the molecule is CCCCCCCCCCCCCCCCCC=CC(=O)OCCCCCCCCCCCCCCCCCCC. The number of hydrogen-bond acceptors (Lipinski definition) is 2. The van der Waals surface area contributed by atoms with E-state index in [0.29, 0.717) is 6.61 Å². The van der Waals surface area contributed by atoms with Crippen molar-refractivity contribution in [1.29, 1.82) is 0 Å². The Morgan fingerprint density at radius 2 is 0.659 bits per heavy atom. The topological polar surface area (TPSA) is 26.3 Å². The fourth-order valence-corrected chi connectivity index (χ4v) is 5.86. The van der Waals surface area contributed by atoms with Crippen LogP contribution < -0.4 is 0 Å². The van der Waals surface area contributed by atoms with Crippen LogP contribution in [0, 0.1) is 0 Å². The van der Waals surface area contributed by atoms with E-state index < -0.39 is 0 Å². The van der Waals surface area contributed by atoms with Crippen LogP contribution in [0.5, 0.6) is 0 Å². The molecule has 0 aliphatic carbocycles. The molecule has 0 aliphatic rings. The molecule has 0 saturated carbocycles. The molecule has 0 N–H and O–H groups in total. The van der Waals surface area contributed by atoms with E-state index in [0.717, 1.165) is 12.8 Å². The van der Waals surface area contributed by atoms with Gasteiger partial charge in [-0.3, -0.25) is 0 Å². The van der Waals surface area contributed by atoms with Gasteiger partial charge in [-0.2, -0.15) is 0 Å². The predicted octanol–water partition coefficient (Wildman–Crippen LogP) is 14.0. The largest absolute Gasteiger partial charge is 0.463 e. The highest BCUT2D eigenvalue weighted by molar-refractivity contribution is 5.81. The number of hydrogen-bond donors (Lipinski definition) is 0. The summed E-state index contributed by atoms with van der Waals surface area (Å²) in [6.07, 6.45) is 48.9. The van der Waals surface area contributed by atoms with Crippen molar-refractivity contribution in [3.05, 3.63) is 12.2 Å². The van der Waals surface area contributed by atoms with Gasteiger partial charge in [0.2, 0.25) is 0 Å². The molecule has 0 aromatic carbocycles. The number of rotatable bonds is 35. The highest BCUT2D eigenvalue weighted by Crippen LogP contribution is 2.15. The Labute approximate surface area is 259 Å². The van der Waals surface area contributed by atoms with Crippen molar-refractivity contribution in [2.75, 3.05) is 6.61 Å². The lowest BCUT2D eigenvalue weighted by atomic mass is 10.0. The maximum absolute atomic E-state index is 11.9. The predicted molar refractivity (Wildman–Crippen MR) is 184 cm³/mol. The van der Waals surface area contributed by atoms with Crippen molar-refractivity contribution >= 4 is 5.97 Å². The average Bonchev–Trinajstić information content (AvgIpc) is 2.98. The molecule has 0 saturated heterocycles. The molecule has 0 heterocycles. The average molecular weight is 577 g/mol. The van der Waals surface area contributed by atoms with Gasteiger partial charge >= 0.3 is 5.97 Å². The zero-order valence-corrected chi connectivity index (χ0v) is 28.5. The van der Waals surface area contributed by atoms with Gasteiger partial charge in [0, 0.05) is 6.08 Å². The number of carbonyl (C=O) groups excluding carboxylic acids is 1. The molecule has 0 aromatic heterocycles. The molecular weight excluding hydrogens is 500 g/mol. The number of unbranched alkanes of at least 4 members (excludes halogenated alkanes) is 31. The second kappa shape index (κ2) is 37.2. The summed E-state index contributed by atoms with van der Waals surface area (Å²) in [4.78, 5) is 11.9. The molecule has 2 nitrogen and oxygen atoms in total. The quantitative estimate of drug-likeness (QED) is 0.0426. The molecule has 0 bridgehead atoms. The van der Waals surface area contributed by atoms with Gasteiger partial charge in [0.25, 0.3) is 0 Å². The van der Waals surface area contributed by atoms with Gasteiger partial charge in [-0.05, 0) is 19.3 Å². The van der Waals surface area contributed by atoms with Crippen molar-refractivity contribution in [3.63, 3.8) is 0 Å². The summed E-state index contributed by atoms with van der Waals surface area (Å²) in [5, 5.41) is 0. The van der Waals surface area contributed by atoms with Crippen LogP contribution in [0.25, 0.3) is 0 Å². The van der Waals surface area contributed by atoms with Crippen LogP contribution in [0.2, 0.25) is 0 Å². The Morgan fingerprint density at radius 1 is 0.390 bits per heavy atom. The Hall–Kier alpha value is -0.790. The summed E-state index contributed by atoms with van der Waals surface area (Å²) in [6, 6.07) is 0. The monoisotopic (exact) mass is 577 g/mol. The van der Waals surface area contributed by atoms with Gasteiger partial charge in [0.05, 0.1) is 6.61 Å². The van der Waals surface area contributed by atoms with Gasteiger partial charge in [0.1, 0.15) is 0 Å². The van der Waals surface area contributed by atoms with Crippen molar-refractivity contribution in [2.24, 2.45) is 0 Å². The number of esters is 1. The van der Waals surface area contributed by atoms with E-state index >= 15 is 0 Å². The lowest BCUT2D eigenvalue weighted by Crippen LogP contribution is -2.02. The maximum atomic E-state index is 11.9. The van der Waals surface area contributed by atoms with E-state index in [4.69, 9.17) is 4.74 Å². The fourth-order valence-electron chi connectivity index (χ4n) is 5.86. The molecule has 0 aromatic rings. The summed E-state index contributed by atoms with van der Waals surface area (Å²) in [6.45, 7) is 5.17. The summed E-state index contributed by atoms with van der Waals surface area (Å²) >= 11 is 0. The van der Waals surface area contributed by atoms with E-state index in [1.54, 1.807) is 6.08 Å². The van der Waals surface area contributed by atoms with Crippen LogP contribution in [0.15, 0.2) is 12.2 Å². The Kier molecular flexibility index (Phi) is 36.5. The number of allylic oxidation sites excluding steroid dienone is 1. The minimum absolute atomic E-state index is 0.151. The highest BCUT2D eigenvalue weighted by Gasteiger charge is 1.99. The van der Waals surface area contributed by atoms with Crippen molar-refractivity contribution < 1.29 is 9.53 Å². The van der Waals surface area contributed by atoms with E-state index in [9.17, 15) is 4.79 Å². The molecule has 0 unspecified atom stereocenters. The van der Waals surface area contributed by atoms with Gasteiger partial charge in [-0.25, -0.2) is 4.79 Å². The molecule has 0 radical (unpaired) electrons. The lowest BCUT2D eigenvalue weighted by Gasteiger charge is -2.04. The van der Waals surface area contributed by atoms with Gasteiger partial charge in [0.15, 0.2) is 0 Å². The summed E-state index contributed by atoms with van der Waals surface area (Å²) < 4.78 is 5.37. The van der Waals surface area contributed by atoms with Crippen LogP contribution in [-0.4, -0.2) is 12.6 Å². The number of ether oxygens (including phenoxy) is 1. The standard InChI is InChI=1S/C39H76O2/c1-3-5-7-9-11-13-15-17-19-21-23-25-27-29-31-33-35-37-39(40)41-38-36-34-32-30-28-26-24-22-20-18-16-14-12-10-8-6-4-2/h35,37H,3-34,36,38H2,1-2H3. The first kappa shape index (κ1) is 40.2.